The summed E-state index contributed by atoms with van der Waals surface area (Å²) in [4.78, 5) is 16.2. The fourth-order valence-electron chi connectivity index (χ4n) is 1.94. The van der Waals surface area contributed by atoms with Gasteiger partial charge in [0.1, 0.15) is 5.75 Å². The van der Waals surface area contributed by atoms with Crippen LogP contribution in [0.2, 0.25) is 0 Å². The average Bonchev–Trinajstić information content (AvgIpc) is 2.45. The van der Waals surface area contributed by atoms with Crippen LogP contribution in [0.4, 0.5) is 5.69 Å². The lowest BCUT2D eigenvalue weighted by Gasteiger charge is -2.11. The zero-order valence-corrected chi connectivity index (χ0v) is 12.2. The number of anilines is 1. The van der Waals surface area contributed by atoms with Crippen LogP contribution in [-0.4, -0.2) is 17.5 Å². The molecule has 5 heteroatoms. The third-order valence-electron chi connectivity index (χ3n) is 2.93. The lowest BCUT2D eigenvalue weighted by molar-refractivity contribution is -0.118. The molecule has 3 N–H and O–H groups in total. The van der Waals surface area contributed by atoms with Crippen LogP contribution < -0.4 is 15.8 Å². The maximum Gasteiger partial charge on any atom is 0.262 e. The second kappa shape index (κ2) is 6.85. The standard InChI is InChI=1S/C16H19N3O2/c1-11-4-3-5-13(8-11)19-16(20)10-21-15-7-6-12(2)18-14(15)9-17/h3-8H,9-10,17H2,1-2H3,(H,19,20). The molecule has 0 bridgehead atoms. The van der Waals surface area contributed by atoms with Crippen LogP contribution in [0.1, 0.15) is 17.0 Å². The topological polar surface area (TPSA) is 77.2 Å². The van der Waals surface area contributed by atoms with E-state index in [-0.39, 0.29) is 19.1 Å². The summed E-state index contributed by atoms with van der Waals surface area (Å²) >= 11 is 0. The van der Waals surface area contributed by atoms with Gasteiger partial charge in [-0.1, -0.05) is 12.1 Å². The summed E-state index contributed by atoms with van der Waals surface area (Å²) < 4.78 is 5.49. The Balaban J connectivity index is 1.95. The van der Waals surface area contributed by atoms with Crippen molar-refractivity contribution in [3.8, 4) is 5.75 Å². The largest absolute Gasteiger partial charge is 0.482 e. The van der Waals surface area contributed by atoms with Crippen molar-refractivity contribution in [2.45, 2.75) is 20.4 Å². The van der Waals surface area contributed by atoms with Crippen LogP contribution >= 0.6 is 0 Å². The van der Waals surface area contributed by atoms with Gasteiger partial charge in [0, 0.05) is 17.9 Å². The number of aryl methyl sites for hydroxylation is 2. The first kappa shape index (κ1) is 15.0. The van der Waals surface area contributed by atoms with Crippen LogP contribution in [-0.2, 0) is 11.3 Å². The van der Waals surface area contributed by atoms with Crippen molar-refractivity contribution in [1.29, 1.82) is 0 Å². The van der Waals surface area contributed by atoms with Gasteiger partial charge in [0.05, 0.1) is 5.69 Å². The van der Waals surface area contributed by atoms with Crippen molar-refractivity contribution in [3.63, 3.8) is 0 Å². The third-order valence-corrected chi connectivity index (χ3v) is 2.93. The highest BCUT2D eigenvalue weighted by Crippen LogP contribution is 2.16. The van der Waals surface area contributed by atoms with Gasteiger partial charge < -0.3 is 15.8 Å². The molecule has 0 saturated carbocycles. The lowest BCUT2D eigenvalue weighted by atomic mass is 10.2. The number of hydrogen-bond acceptors (Lipinski definition) is 4. The Hall–Kier alpha value is -2.40. The van der Waals surface area contributed by atoms with Crippen molar-refractivity contribution in [2.75, 3.05) is 11.9 Å². The number of rotatable bonds is 5. The third kappa shape index (κ3) is 4.29. The summed E-state index contributed by atoms with van der Waals surface area (Å²) in [6, 6.07) is 11.2. The Labute approximate surface area is 124 Å². The number of pyridine rings is 1. The summed E-state index contributed by atoms with van der Waals surface area (Å²) in [5.74, 6) is 0.326. The van der Waals surface area contributed by atoms with Crippen molar-refractivity contribution in [2.24, 2.45) is 5.73 Å². The molecule has 2 aromatic rings. The van der Waals surface area contributed by atoms with Gasteiger partial charge >= 0.3 is 0 Å². The van der Waals surface area contributed by atoms with Gasteiger partial charge in [0.25, 0.3) is 5.91 Å². The van der Waals surface area contributed by atoms with Gasteiger partial charge in [-0.2, -0.15) is 0 Å². The molecule has 5 nitrogen and oxygen atoms in total. The number of aromatic nitrogens is 1. The smallest absolute Gasteiger partial charge is 0.262 e. The molecule has 0 unspecified atom stereocenters. The predicted octanol–water partition coefficient (Wildman–Crippen LogP) is 2.17. The molecular formula is C16H19N3O2. The maximum absolute atomic E-state index is 11.9. The molecule has 0 spiro atoms. The normalized spacial score (nSPS) is 10.2. The first-order valence-corrected chi connectivity index (χ1v) is 6.74. The van der Waals surface area contributed by atoms with Crippen LogP contribution in [0.3, 0.4) is 0 Å². The van der Waals surface area contributed by atoms with E-state index in [9.17, 15) is 4.79 Å². The summed E-state index contributed by atoms with van der Waals surface area (Å²) in [5, 5.41) is 2.79. The number of carbonyl (C=O) groups excluding carboxylic acids is 1. The quantitative estimate of drug-likeness (QED) is 0.882. The fourth-order valence-corrected chi connectivity index (χ4v) is 1.94. The van der Waals surface area contributed by atoms with Gasteiger partial charge in [-0.3, -0.25) is 9.78 Å². The zero-order chi connectivity index (χ0) is 15.2. The maximum atomic E-state index is 11.9. The van der Waals surface area contributed by atoms with E-state index in [0.717, 1.165) is 16.9 Å². The van der Waals surface area contributed by atoms with E-state index in [2.05, 4.69) is 10.3 Å². The minimum Gasteiger partial charge on any atom is -0.482 e. The van der Waals surface area contributed by atoms with E-state index in [1.807, 2.05) is 44.2 Å². The first-order chi connectivity index (χ1) is 10.1. The summed E-state index contributed by atoms with van der Waals surface area (Å²) in [6.45, 7) is 4.05. The van der Waals surface area contributed by atoms with Gasteiger partial charge in [0.2, 0.25) is 0 Å². The fraction of sp³-hybridized carbons (Fsp3) is 0.250. The molecule has 0 aliphatic heterocycles. The Kier molecular flexibility index (Phi) is 4.90. The molecule has 0 aliphatic rings. The summed E-state index contributed by atoms with van der Waals surface area (Å²) in [6.07, 6.45) is 0. The van der Waals surface area contributed by atoms with Crippen LogP contribution in [0.25, 0.3) is 0 Å². The van der Waals surface area contributed by atoms with Gasteiger partial charge in [-0.25, -0.2) is 0 Å². The Morgan fingerprint density at radius 3 is 2.81 bits per heavy atom. The Morgan fingerprint density at radius 2 is 2.10 bits per heavy atom. The van der Waals surface area contributed by atoms with Crippen LogP contribution in [0, 0.1) is 13.8 Å². The van der Waals surface area contributed by atoms with Gasteiger partial charge in [-0.05, 0) is 43.7 Å². The van der Waals surface area contributed by atoms with Crippen LogP contribution in [0.15, 0.2) is 36.4 Å². The molecule has 0 fully saturated rings. The lowest BCUT2D eigenvalue weighted by Crippen LogP contribution is -2.21. The number of carbonyl (C=O) groups is 1. The Bertz CT molecular complexity index is 641. The molecule has 1 amide bonds. The Morgan fingerprint density at radius 1 is 1.29 bits per heavy atom. The number of amides is 1. The molecule has 2 rings (SSSR count). The number of ether oxygens (including phenoxy) is 1. The van der Waals surface area contributed by atoms with E-state index in [1.54, 1.807) is 6.07 Å². The monoisotopic (exact) mass is 285 g/mol. The summed E-state index contributed by atoms with van der Waals surface area (Å²) in [7, 11) is 0. The van der Waals surface area contributed by atoms with E-state index < -0.39 is 0 Å². The predicted molar refractivity (Wildman–Crippen MR) is 82.2 cm³/mol. The van der Waals surface area contributed by atoms with Crippen molar-refractivity contribution in [1.82, 2.24) is 4.98 Å². The first-order valence-electron chi connectivity index (χ1n) is 6.74. The number of nitrogens with two attached hydrogens (primary N) is 1. The molecule has 1 heterocycles. The summed E-state index contributed by atoms with van der Waals surface area (Å²) in [5.41, 5.74) is 8.98. The van der Waals surface area contributed by atoms with Crippen molar-refractivity contribution >= 4 is 11.6 Å². The van der Waals surface area contributed by atoms with E-state index >= 15 is 0 Å². The second-order valence-electron chi connectivity index (χ2n) is 4.81. The molecule has 1 aromatic heterocycles. The zero-order valence-electron chi connectivity index (χ0n) is 12.2. The molecule has 0 aliphatic carbocycles. The van der Waals surface area contributed by atoms with E-state index in [1.165, 1.54) is 0 Å². The average molecular weight is 285 g/mol. The minimum absolute atomic E-state index is 0.0777. The number of benzene rings is 1. The molecule has 0 radical (unpaired) electrons. The van der Waals surface area contributed by atoms with E-state index in [4.69, 9.17) is 10.5 Å². The number of nitrogens with one attached hydrogen (secondary N) is 1. The highest BCUT2D eigenvalue weighted by atomic mass is 16.5. The molecule has 1 aromatic carbocycles. The SMILES string of the molecule is Cc1cccc(NC(=O)COc2ccc(C)nc2CN)c1. The van der Waals surface area contributed by atoms with Crippen LogP contribution in [0.5, 0.6) is 5.75 Å². The van der Waals surface area contributed by atoms with E-state index in [0.29, 0.717) is 11.4 Å². The second-order valence-corrected chi connectivity index (χ2v) is 4.81. The van der Waals surface area contributed by atoms with Gasteiger partial charge in [-0.15, -0.1) is 0 Å². The van der Waals surface area contributed by atoms with Crippen molar-refractivity contribution < 1.29 is 9.53 Å². The highest BCUT2D eigenvalue weighted by molar-refractivity contribution is 5.91. The molecule has 0 saturated heterocycles. The molecule has 0 atom stereocenters. The molecule has 110 valence electrons. The number of nitrogens with zero attached hydrogens (tertiary/aromatic N) is 1. The highest BCUT2D eigenvalue weighted by Gasteiger charge is 2.08. The van der Waals surface area contributed by atoms with Crippen molar-refractivity contribution in [3.05, 3.63) is 53.3 Å². The minimum atomic E-state index is -0.218. The molecular weight excluding hydrogens is 266 g/mol. The molecule has 21 heavy (non-hydrogen) atoms. The van der Waals surface area contributed by atoms with Gasteiger partial charge in [0.15, 0.2) is 6.61 Å². The number of hydrogen-bond donors (Lipinski definition) is 2.